The summed E-state index contributed by atoms with van der Waals surface area (Å²) in [5.74, 6) is 0. The Hall–Kier alpha value is -1.87. The van der Waals surface area contributed by atoms with E-state index in [-0.39, 0.29) is 0 Å². The molecule has 26 heavy (non-hydrogen) atoms. The molecule has 0 amide bonds. The average molecular weight is 418 g/mol. The molecule has 4 rings (SSSR count). The molecule has 2 aromatic heterocycles. The van der Waals surface area contributed by atoms with Crippen molar-refractivity contribution in [1.82, 2.24) is 25.2 Å². The second kappa shape index (κ2) is 7.79. The molecule has 0 unspecified atom stereocenters. The van der Waals surface area contributed by atoms with Crippen molar-refractivity contribution >= 4 is 46.5 Å². The molecule has 0 fully saturated rings. The molecule has 0 aliphatic heterocycles. The van der Waals surface area contributed by atoms with Crippen LogP contribution in [0.25, 0.3) is 16.9 Å². The Morgan fingerprint density at radius 3 is 2.54 bits per heavy atom. The minimum Gasteiger partial charge on any atom is -0.229 e. The minimum absolute atomic E-state index is 0.680. The van der Waals surface area contributed by atoms with E-state index >= 15 is 0 Å². The third kappa shape index (κ3) is 3.78. The van der Waals surface area contributed by atoms with Gasteiger partial charge >= 0.3 is 0 Å². The van der Waals surface area contributed by atoms with E-state index in [0.29, 0.717) is 10.2 Å². The zero-order chi connectivity index (χ0) is 17.9. The summed E-state index contributed by atoms with van der Waals surface area (Å²) in [5, 5.41) is 15.5. The van der Waals surface area contributed by atoms with Gasteiger partial charge < -0.3 is 0 Å². The predicted molar refractivity (Wildman–Crippen MR) is 108 cm³/mol. The highest BCUT2D eigenvalue weighted by atomic mass is 35.5. The summed E-state index contributed by atoms with van der Waals surface area (Å²) < 4.78 is 2.60. The first-order chi connectivity index (χ1) is 12.7. The lowest BCUT2D eigenvalue weighted by Crippen LogP contribution is -1.98. The van der Waals surface area contributed by atoms with Gasteiger partial charge in [-0.2, -0.15) is 4.68 Å². The van der Waals surface area contributed by atoms with Gasteiger partial charge in [-0.3, -0.25) is 0 Å². The van der Waals surface area contributed by atoms with Crippen molar-refractivity contribution in [3.05, 3.63) is 58.9 Å². The molecule has 130 valence electrons. The molecule has 4 aromatic rings. The maximum Gasteiger partial charge on any atom is 0.221 e. The highest BCUT2D eigenvalue weighted by Crippen LogP contribution is 2.33. The normalized spacial score (nSPS) is 11.0. The maximum absolute atomic E-state index is 5.95. The fourth-order valence-corrected chi connectivity index (χ4v) is 4.52. The van der Waals surface area contributed by atoms with Crippen LogP contribution in [-0.4, -0.2) is 31.4 Å². The first-order valence-electron chi connectivity index (χ1n) is 7.55. The van der Waals surface area contributed by atoms with Crippen molar-refractivity contribution in [3.8, 4) is 16.9 Å². The quantitative estimate of drug-likeness (QED) is 0.410. The lowest BCUT2D eigenvalue weighted by atomic mass is 10.2. The van der Waals surface area contributed by atoms with Gasteiger partial charge in [0.25, 0.3) is 0 Å². The summed E-state index contributed by atoms with van der Waals surface area (Å²) in [6.07, 6.45) is 2.05. The van der Waals surface area contributed by atoms with Gasteiger partial charge in [0, 0.05) is 20.9 Å². The summed E-state index contributed by atoms with van der Waals surface area (Å²) in [4.78, 5) is 5.87. The number of nitrogens with zero attached hydrogens (tertiary/aromatic N) is 5. The lowest BCUT2D eigenvalue weighted by molar-refractivity contribution is 0.755. The van der Waals surface area contributed by atoms with Crippen LogP contribution in [-0.2, 0) is 0 Å². The molecule has 0 N–H and O–H groups in total. The number of halogens is 1. The maximum atomic E-state index is 5.95. The van der Waals surface area contributed by atoms with E-state index in [9.17, 15) is 0 Å². The molecule has 0 bridgehead atoms. The van der Waals surface area contributed by atoms with Crippen LogP contribution in [0.5, 0.6) is 0 Å². The summed E-state index contributed by atoms with van der Waals surface area (Å²) in [6.45, 7) is 0. The van der Waals surface area contributed by atoms with Crippen LogP contribution in [0.2, 0.25) is 5.02 Å². The Balaban J connectivity index is 1.57. The fourth-order valence-electron chi connectivity index (χ4n) is 2.26. The molecule has 2 aromatic carbocycles. The number of benzene rings is 2. The Morgan fingerprint density at radius 2 is 1.81 bits per heavy atom. The molecule has 5 nitrogen and oxygen atoms in total. The van der Waals surface area contributed by atoms with E-state index < -0.39 is 0 Å². The smallest absolute Gasteiger partial charge is 0.221 e. The van der Waals surface area contributed by atoms with Crippen LogP contribution in [0.4, 0.5) is 0 Å². The van der Waals surface area contributed by atoms with Crippen LogP contribution >= 0.6 is 46.5 Å². The van der Waals surface area contributed by atoms with Crippen LogP contribution in [0.1, 0.15) is 0 Å². The molecular weight excluding hydrogens is 406 g/mol. The summed E-state index contributed by atoms with van der Waals surface area (Å²) in [5.41, 5.74) is 2.87. The van der Waals surface area contributed by atoms with Crippen molar-refractivity contribution in [2.24, 2.45) is 0 Å². The molecule has 0 aliphatic rings. The van der Waals surface area contributed by atoms with Crippen LogP contribution in [0.15, 0.2) is 68.3 Å². The molecule has 2 heterocycles. The Morgan fingerprint density at radius 1 is 1.04 bits per heavy atom. The molecular formula is C17H12ClN5S3. The number of tetrazole rings is 1. The van der Waals surface area contributed by atoms with Gasteiger partial charge in [0.05, 0.1) is 11.4 Å². The minimum atomic E-state index is 0.680. The highest BCUT2D eigenvalue weighted by molar-refractivity contribution is 8.00. The number of hydrogen-bond donors (Lipinski definition) is 0. The van der Waals surface area contributed by atoms with Gasteiger partial charge in [0.15, 0.2) is 4.34 Å². The summed E-state index contributed by atoms with van der Waals surface area (Å²) in [7, 11) is 0. The molecule has 9 heteroatoms. The first-order valence-corrected chi connectivity index (χ1v) is 10.8. The molecule has 0 radical (unpaired) electrons. The fraction of sp³-hybridized carbons (Fsp3) is 0.0588. The van der Waals surface area contributed by atoms with Gasteiger partial charge in [0.1, 0.15) is 0 Å². The van der Waals surface area contributed by atoms with E-state index in [1.165, 1.54) is 16.7 Å². The standard InChI is InChI=1S/C17H12ClN5S3/c1-24-14-8-6-13(7-9-14)23-16(20-21-22-23)26-17-19-15(10-25-17)11-2-4-12(18)5-3-11/h2-10H,1H3. The van der Waals surface area contributed by atoms with Gasteiger partial charge in [-0.25, -0.2) is 4.98 Å². The van der Waals surface area contributed by atoms with Crippen LogP contribution in [0.3, 0.4) is 0 Å². The van der Waals surface area contributed by atoms with Gasteiger partial charge in [-0.15, -0.1) is 28.2 Å². The molecule has 0 saturated carbocycles. The van der Waals surface area contributed by atoms with E-state index in [4.69, 9.17) is 11.6 Å². The van der Waals surface area contributed by atoms with Crippen molar-refractivity contribution in [2.45, 2.75) is 14.4 Å². The topological polar surface area (TPSA) is 56.5 Å². The second-order valence-electron chi connectivity index (χ2n) is 5.18. The third-order valence-electron chi connectivity index (χ3n) is 3.56. The zero-order valence-corrected chi connectivity index (χ0v) is 16.7. The van der Waals surface area contributed by atoms with E-state index in [1.54, 1.807) is 27.8 Å². The summed E-state index contributed by atoms with van der Waals surface area (Å²) in [6, 6.07) is 15.8. The molecule has 0 saturated heterocycles. The van der Waals surface area contributed by atoms with Crippen LogP contribution < -0.4 is 0 Å². The zero-order valence-electron chi connectivity index (χ0n) is 13.5. The lowest BCUT2D eigenvalue weighted by Gasteiger charge is -2.03. The Bertz CT molecular complexity index is 1010. The van der Waals surface area contributed by atoms with Crippen molar-refractivity contribution in [2.75, 3.05) is 6.26 Å². The molecule has 0 aliphatic carbocycles. The molecule has 0 atom stereocenters. The Labute approximate surface area is 167 Å². The van der Waals surface area contributed by atoms with Crippen molar-refractivity contribution < 1.29 is 0 Å². The largest absolute Gasteiger partial charge is 0.229 e. The SMILES string of the molecule is CSc1ccc(-n2nnnc2Sc2nc(-c3ccc(Cl)cc3)cs2)cc1. The number of hydrogen-bond acceptors (Lipinski definition) is 7. The predicted octanol–water partition coefficient (Wildman–Crippen LogP) is 5.31. The van der Waals surface area contributed by atoms with Gasteiger partial charge in [-0.1, -0.05) is 23.7 Å². The van der Waals surface area contributed by atoms with Gasteiger partial charge in [-0.05, 0) is 64.8 Å². The third-order valence-corrected chi connectivity index (χ3v) is 6.43. The van der Waals surface area contributed by atoms with Gasteiger partial charge in [0.2, 0.25) is 5.16 Å². The first kappa shape index (κ1) is 17.5. The Kier molecular flexibility index (Phi) is 5.26. The number of thiazole rings is 1. The van der Waals surface area contributed by atoms with Crippen LogP contribution in [0, 0.1) is 0 Å². The van der Waals surface area contributed by atoms with E-state index in [1.807, 2.05) is 48.0 Å². The monoisotopic (exact) mass is 417 g/mol. The average Bonchev–Trinajstić information content (AvgIpc) is 3.33. The van der Waals surface area contributed by atoms with Crippen molar-refractivity contribution in [1.29, 1.82) is 0 Å². The highest BCUT2D eigenvalue weighted by Gasteiger charge is 2.13. The van der Waals surface area contributed by atoms with E-state index in [0.717, 1.165) is 21.3 Å². The number of aromatic nitrogens is 5. The van der Waals surface area contributed by atoms with E-state index in [2.05, 4.69) is 32.6 Å². The number of rotatable bonds is 5. The second-order valence-corrected chi connectivity index (χ2v) is 8.57. The molecule has 0 spiro atoms. The van der Waals surface area contributed by atoms with Crippen molar-refractivity contribution in [3.63, 3.8) is 0 Å². The number of thioether (sulfide) groups is 1. The summed E-state index contributed by atoms with van der Waals surface area (Å²) >= 11 is 10.7.